The van der Waals surface area contributed by atoms with E-state index in [1.807, 2.05) is 30.3 Å². The van der Waals surface area contributed by atoms with E-state index in [1.54, 1.807) is 22.7 Å². The number of rotatable bonds is 2. The van der Waals surface area contributed by atoms with Crippen LogP contribution in [0.3, 0.4) is 0 Å². The van der Waals surface area contributed by atoms with Crippen LogP contribution in [0.15, 0.2) is 38.8 Å². The number of thiol groups is 1. The third-order valence-corrected chi connectivity index (χ3v) is 6.76. The average molecular weight is 349 g/mol. The molecule has 82 valence electrons. The van der Waals surface area contributed by atoms with Crippen molar-refractivity contribution in [3.05, 3.63) is 38.6 Å². The van der Waals surface area contributed by atoms with E-state index >= 15 is 0 Å². The van der Waals surface area contributed by atoms with Gasteiger partial charge in [0.05, 0.1) is 0 Å². The molecule has 0 spiro atoms. The molecule has 1 aromatic carbocycles. The van der Waals surface area contributed by atoms with Gasteiger partial charge in [-0.1, -0.05) is 0 Å². The molecule has 1 aromatic heterocycles. The second-order valence-electron chi connectivity index (χ2n) is 2.80. The Bertz CT molecular complexity index is 558. The summed E-state index contributed by atoms with van der Waals surface area (Å²) in [6.07, 6.45) is 0. The SMILES string of the molecule is O=C(Sc1sc(=[Se])sc1S)c1ccccc1. The summed E-state index contributed by atoms with van der Waals surface area (Å²) in [5.41, 5.74) is 0.722. The summed E-state index contributed by atoms with van der Waals surface area (Å²) in [7, 11) is 0. The Morgan fingerprint density at radius 2 is 1.94 bits per heavy atom. The van der Waals surface area contributed by atoms with Crippen LogP contribution < -0.4 is 0 Å². The Morgan fingerprint density at radius 1 is 1.25 bits per heavy atom. The summed E-state index contributed by atoms with van der Waals surface area (Å²) in [4.78, 5) is 11.9. The molecule has 0 radical (unpaired) electrons. The number of benzene rings is 1. The van der Waals surface area contributed by atoms with Crippen molar-refractivity contribution in [3.8, 4) is 0 Å². The van der Waals surface area contributed by atoms with E-state index in [2.05, 4.69) is 28.2 Å². The van der Waals surface area contributed by atoms with Crippen molar-refractivity contribution in [1.29, 1.82) is 0 Å². The van der Waals surface area contributed by atoms with Crippen molar-refractivity contribution in [2.45, 2.75) is 8.42 Å². The molecule has 1 nitrogen and oxygen atoms in total. The van der Waals surface area contributed by atoms with E-state index in [-0.39, 0.29) is 5.12 Å². The van der Waals surface area contributed by atoms with E-state index in [1.165, 1.54) is 11.8 Å². The molecule has 0 N–H and O–H groups in total. The maximum absolute atomic E-state index is 11.9. The van der Waals surface area contributed by atoms with Crippen LogP contribution in [0.2, 0.25) is 0 Å². The first-order valence-electron chi connectivity index (χ1n) is 4.27. The van der Waals surface area contributed by atoms with Gasteiger partial charge in [0, 0.05) is 0 Å². The van der Waals surface area contributed by atoms with Crippen LogP contribution >= 0.6 is 47.1 Å². The molecule has 0 amide bonds. The topological polar surface area (TPSA) is 17.1 Å². The van der Waals surface area contributed by atoms with E-state index in [0.717, 1.165) is 16.7 Å². The van der Waals surface area contributed by atoms with Gasteiger partial charge in [-0.05, 0) is 0 Å². The van der Waals surface area contributed by atoms with Gasteiger partial charge < -0.3 is 0 Å². The third-order valence-electron chi connectivity index (χ3n) is 1.73. The van der Waals surface area contributed by atoms with Crippen LogP contribution in [0.4, 0.5) is 0 Å². The van der Waals surface area contributed by atoms with Gasteiger partial charge in [0.25, 0.3) is 0 Å². The molecule has 0 aliphatic carbocycles. The van der Waals surface area contributed by atoms with Gasteiger partial charge >= 0.3 is 120 Å². The van der Waals surface area contributed by atoms with Gasteiger partial charge in [0.15, 0.2) is 0 Å². The van der Waals surface area contributed by atoms with Gasteiger partial charge in [-0.3, -0.25) is 0 Å². The Balaban J connectivity index is 2.20. The zero-order chi connectivity index (χ0) is 11.5. The minimum atomic E-state index is 0.0601. The summed E-state index contributed by atoms with van der Waals surface area (Å²) in [5, 5.41) is 0.0601. The standard InChI is InChI=1S/C10H6OS4Se/c11-7(6-4-2-1-3-5-6)13-9-8(12)14-10(16)15-9/h1-5,12H. The molecular weight excluding hydrogens is 343 g/mol. The summed E-state index contributed by atoms with van der Waals surface area (Å²) in [5.74, 6) is 0. The maximum atomic E-state index is 11.9. The first-order valence-corrected chi connectivity index (χ1v) is 8.02. The molecule has 0 atom stereocenters. The third kappa shape index (κ3) is 3.09. The van der Waals surface area contributed by atoms with Gasteiger partial charge in [0.2, 0.25) is 0 Å². The molecule has 16 heavy (non-hydrogen) atoms. The van der Waals surface area contributed by atoms with E-state index in [9.17, 15) is 4.79 Å². The Labute approximate surface area is 119 Å². The first-order chi connectivity index (χ1) is 7.66. The fourth-order valence-electron chi connectivity index (χ4n) is 1.04. The quantitative estimate of drug-likeness (QED) is 0.505. The van der Waals surface area contributed by atoms with Crippen LogP contribution in [-0.4, -0.2) is 20.7 Å². The van der Waals surface area contributed by atoms with Crippen molar-refractivity contribution >= 4 is 67.8 Å². The molecule has 2 rings (SSSR count). The normalized spacial score (nSPS) is 10.3. The predicted octanol–water partition coefficient (Wildman–Crippen LogP) is 3.73. The second-order valence-corrected chi connectivity index (χ2v) is 9.12. The molecule has 0 aliphatic rings. The zero-order valence-corrected chi connectivity index (χ0v) is 12.9. The molecule has 0 bridgehead atoms. The van der Waals surface area contributed by atoms with Crippen LogP contribution in [-0.2, 0) is 0 Å². The van der Waals surface area contributed by atoms with E-state index in [4.69, 9.17) is 0 Å². The zero-order valence-electron chi connectivity index (χ0n) is 7.88. The van der Waals surface area contributed by atoms with Crippen molar-refractivity contribution in [1.82, 2.24) is 0 Å². The Kier molecular flexibility index (Phi) is 4.47. The molecule has 6 heteroatoms. The van der Waals surface area contributed by atoms with Crippen molar-refractivity contribution in [3.63, 3.8) is 0 Å². The van der Waals surface area contributed by atoms with E-state index in [0.29, 0.717) is 0 Å². The minimum absolute atomic E-state index is 0.0601. The Hall–Kier alpha value is 0.159. The average Bonchev–Trinajstić information content (AvgIpc) is 2.59. The number of thioether (sulfide) groups is 1. The van der Waals surface area contributed by atoms with Gasteiger partial charge in [-0.15, -0.1) is 0 Å². The van der Waals surface area contributed by atoms with Gasteiger partial charge in [-0.2, -0.15) is 0 Å². The number of carbonyl (C=O) groups is 1. The van der Waals surface area contributed by atoms with Crippen molar-refractivity contribution in [2.75, 3.05) is 0 Å². The molecule has 2 aromatic rings. The first kappa shape index (κ1) is 12.6. The van der Waals surface area contributed by atoms with E-state index < -0.39 is 0 Å². The molecule has 1 heterocycles. The summed E-state index contributed by atoms with van der Waals surface area (Å²) >= 11 is 11.6. The van der Waals surface area contributed by atoms with Crippen LogP contribution in [0.25, 0.3) is 0 Å². The Morgan fingerprint density at radius 3 is 2.50 bits per heavy atom. The second kappa shape index (κ2) is 5.67. The van der Waals surface area contributed by atoms with Crippen LogP contribution in [0, 0.1) is 2.69 Å². The predicted molar refractivity (Wildman–Crippen MR) is 75.1 cm³/mol. The summed E-state index contributed by atoms with van der Waals surface area (Å²) < 4.78 is 2.94. The van der Waals surface area contributed by atoms with Crippen LogP contribution in [0.1, 0.15) is 10.4 Å². The fraction of sp³-hybridized carbons (Fsp3) is 0. The molecule has 0 aliphatic heterocycles. The van der Waals surface area contributed by atoms with Gasteiger partial charge in [-0.25, -0.2) is 0 Å². The number of hydrogen-bond donors (Lipinski definition) is 1. The number of carbonyl (C=O) groups excluding carboxylic acids is 1. The molecule has 0 saturated carbocycles. The summed E-state index contributed by atoms with van der Waals surface area (Å²) in [6.45, 7) is 0. The fourth-order valence-corrected chi connectivity index (χ4v) is 6.56. The number of hydrogen-bond acceptors (Lipinski definition) is 5. The molecular formula is C10H6OS4Se. The van der Waals surface area contributed by atoms with Crippen LogP contribution in [0.5, 0.6) is 0 Å². The monoisotopic (exact) mass is 350 g/mol. The van der Waals surface area contributed by atoms with Crippen molar-refractivity contribution < 1.29 is 4.79 Å². The van der Waals surface area contributed by atoms with Crippen molar-refractivity contribution in [2.24, 2.45) is 0 Å². The molecule has 0 unspecified atom stereocenters. The molecule has 0 fully saturated rings. The summed E-state index contributed by atoms with van der Waals surface area (Å²) in [6, 6.07) is 9.28. The molecule has 0 saturated heterocycles. The van der Waals surface area contributed by atoms with Gasteiger partial charge in [0.1, 0.15) is 0 Å².